The smallest absolute Gasteiger partial charge is 0 e. The Kier molecular flexibility index (Phi) is 2.72. The van der Waals surface area contributed by atoms with E-state index in [1.165, 1.54) is 43.1 Å². The topological polar surface area (TPSA) is 0 Å². The summed E-state index contributed by atoms with van der Waals surface area (Å²) >= 11 is 0. The first kappa shape index (κ1) is 12.7. The minimum atomic E-state index is 0. The Morgan fingerprint density at radius 3 is 1.95 bits per heavy atom. The van der Waals surface area contributed by atoms with E-state index in [-0.39, 0.29) is 18.9 Å². The Hall–Kier alpha value is -2.00. The van der Waals surface area contributed by atoms with Gasteiger partial charge in [-0.3, -0.25) is 0 Å². The number of rotatable bonds is 0. The number of hydrogen-bond acceptors (Lipinski definition) is 0. The van der Waals surface area contributed by atoms with E-state index in [2.05, 4.69) is 72.8 Å². The Morgan fingerprint density at radius 1 is 0.429 bits per heavy atom. The van der Waals surface area contributed by atoms with Crippen molar-refractivity contribution in [1.29, 1.82) is 0 Å². The number of hydrogen-bond donors (Lipinski definition) is 0. The molecular formula is C20H12Li. The van der Waals surface area contributed by atoms with Gasteiger partial charge in [0.15, 0.2) is 0 Å². The Labute approximate surface area is 134 Å². The summed E-state index contributed by atoms with van der Waals surface area (Å²) in [6.45, 7) is 0. The maximum absolute atomic E-state index is 2.31. The second-order valence-electron chi connectivity index (χ2n) is 5.45. The van der Waals surface area contributed by atoms with Gasteiger partial charge in [-0.1, -0.05) is 66.7 Å². The zero-order valence-electron chi connectivity index (χ0n) is 11.9. The molecule has 0 saturated carbocycles. The van der Waals surface area contributed by atoms with Crippen LogP contribution in [-0.4, -0.2) is 18.9 Å². The molecule has 5 aromatic rings. The fourth-order valence-electron chi connectivity index (χ4n) is 3.49. The molecule has 1 radical (unpaired) electrons. The van der Waals surface area contributed by atoms with Gasteiger partial charge in [-0.05, 0) is 49.2 Å². The maximum Gasteiger partial charge on any atom is 0 e. The molecule has 93 valence electrons. The van der Waals surface area contributed by atoms with E-state index < -0.39 is 0 Å². The summed E-state index contributed by atoms with van der Waals surface area (Å²) in [7, 11) is 0. The molecule has 0 N–H and O–H groups in total. The van der Waals surface area contributed by atoms with Crippen LogP contribution in [0, 0.1) is 0 Å². The average molecular weight is 259 g/mol. The van der Waals surface area contributed by atoms with Gasteiger partial charge in [0, 0.05) is 18.9 Å². The van der Waals surface area contributed by atoms with Crippen molar-refractivity contribution in [3.8, 4) is 0 Å². The fourth-order valence-corrected chi connectivity index (χ4v) is 3.49. The van der Waals surface area contributed by atoms with Gasteiger partial charge in [0.25, 0.3) is 0 Å². The summed E-state index contributed by atoms with van der Waals surface area (Å²) in [5.74, 6) is 0. The molecule has 1 heteroatoms. The Balaban J connectivity index is 0.00000115. The van der Waals surface area contributed by atoms with Gasteiger partial charge in [-0.2, -0.15) is 0 Å². The summed E-state index contributed by atoms with van der Waals surface area (Å²) in [4.78, 5) is 0. The van der Waals surface area contributed by atoms with Crippen molar-refractivity contribution in [1.82, 2.24) is 0 Å². The van der Waals surface area contributed by atoms with Gasteiger partial charge in [0.05, 0.1) is 0 Å². The van der Waals surface area contributed by atoms with Crippen LogP contribution in [0.25, 0.3) is 43.1 Å². The second-order valence-corrected chi connectivity index (χ2v) is 5.45. The van der Waals surface area contributed by atoms with Crippen molar-refractivity contribution < 1.29 is 0 Å². The molecule has 0 aliphatic rings. The number of fused-ring (bicyclic) bond motifs is 2. The van der Waals surface area contributed by atoms with E-state index in [1.54, 1.807) is 0 Å². The van der Waals surface area contributed by atoms with Crippen molar-refractivity contribution in [3.05, 3.63) is 72.8 Å². The molecule has 0 atom stereocenters. The molecular weight excluding hydrogens is 247 g/mol. The number of benzene rings is 5. The third-order valence-electron chi connectivity index (χ3n) is 4.37. The molecule has 0 saturated heterocycles. The van der Waals surface area contributed by atoms with Gasteiger partial charge >= 0.3 is 0 Å². The summed E-state index contributed by atoms with van der Waals surface area (Å²) < 4.78 is 0. The Morgan fingerprint density at radius 2 is 1.10 bits per heavy atom. The van der Waals surface area contributed by atoms with Crippen LogP contribution in [0.1, 0.15) is 0 Å². The molecule has 21 heavy (non-hydrogen) atoms. The molecule has 0 heterocycles. The zero-order chi connectivity index (χ0) is 13.1. The van der Waals surface area contributed by atoms with Gasteiger partial charge in [0.2, 0.25) is 0 Å². The molecule has 0 nitrogen and oxygen atoms in total. The van der Waals surface area contributed by atoms with Crippen molar-refractivity contribution in [2.45, 2.75) is 0 Å². The first-order valence-electron chi connectivity index (χ1n) is 6.97. The standard InChI is InChI=1S/C20H12.Li/c1-2-7-17-15(4-1)12-16-9-8-13-5-3-6-14-10-11-18(17)20(16)19(13)14;/h1-12H;. The van der Waals surface area contributed by atoms with Crippen LogP contribution in [0.5, 0.6) is 0 Å². The monoisotopic (exact) mass is 259 g/mol. The summed E-state index contributed by atoms with van der Waals surface area (Å²) in [5.41, 5.74) is 0. The minimum absolute atomic E-state index is 0. The van der Waals surface area contributed by atoms with Crippen molar-refractivity contribution in [2.24, 2.45) is 0 Å². The molecule has 5 aromatic carbocycles. The molecule has 0 spiro atoms. The zero-order valence-corrected chi connectivity index (χ0v) is 11.9. The molecule has 5 rings (SSSR count). The molecule has 0 aliphatic carbocycles. The summed E-state index contributed by atoms with van der Waals surface area (Å²) in [6.07, 6.45) is 0. The third-order valence-corrected chi connectivity index (χ3v) is 4.37. The van der Waals surface area contributed by atoms with Gasteiger partial charge in [-0.15, -0.1) is 0 Å². The SMILES string of the molecule is [Li].c1ccc2c(c1)cc1ccc3cccc4ccc2c1c34. The van der Waals surface area contributed by atoms with E-state index in [0.29, 0.717) is 0 Å². The van der Waals surface area contributed by atoms with Crippen LogP contribution in [0.3, 0.4) is 0 Å². The van der Waals surface area contributed by atoms with Crippen LogP contribution in [-0.2, 0) is 0 Å². The molecule has 0 fully saturated rings. The molecule has 0 amide bonds. The predicted molar refractivity (Wildman–Crippen MR) is 93.4 cm³/mol. The van der Waals surface area contributed by atoms with Crippen LogP contribution < -0.4 is 0 Å². The van der Waals surface area contributed by atoms with E-state index in [9.17, 15) is 0 Å². The van der Waals surface area contributed by atoms with Gasteiger partial charge < -0.3 is 0 Å². The predicted octanol–water partition coefficient (Wildman–Crippen LogP) is 5.36. The largest absolute Gasteiger partial charge is 0.0616 e. The summed E-state index contributed by atoms with van der Waals surface area (Å²) in [5, 5.41) is 10.8. The first-order valence-corrected chi connectivity index (χ1v) is 6.97. The molecule has 0 bridgehead atoms. The van der Waals surface area contributed by atoms with Crippen molar-refractivity contribution in [2.75, 3.05) is 0 Å². The quantitative estimate of drug-likeness (QED) is 0.199. The molecule has 0 aliphatic heterocycles. The van der Waals surface area contributed by atoms with Crippen molar-refractivity contribution >= 4 is 62.0 Å². The summed E-state index contributed by atoms with van der Waals surface area (Å²) in [6, 6.07) is 26.5. The fraction of sp³-hybridized carbons (Fsp3) is 0. The van der Waals surface area contributed by atoms with E-state index in [4.69, 9.17) is 0 Å². The minimum Gasteiger partial charge on any atom is -0.0616 e. The Bertz CT molecular complexity index is 1080. The normalized spacial score (nSPS) is 11.4. The van der Waals surface area contributed by atoms with Gasteiger partial charge in [-0.25, -0.2) is 0 Å². The van der Waals surface area contributed by atoms with E-state index >= 15 is 0 Å². The second kappa shape index (κ2) is 4.50. The molecule has 0 aromatic heterocycles. The van der Waals surface area contributed by atoms with Crippen LogP contribution >= 0.6 is 0 Å². The van der Waals surface area contributed by atoms with Gasteiger partial charge in [0.1, 0.15) is 0 Å². The van der Waals surface area contributed by atoms with E-state index in [0.717, 1.165) is 0 Å². The van der Waals surface area contributed by atoms with Crippen LogP contribution in [0.2, 0.25) is 0 Å². The van der Waals surface area contributed by atoms with Crippen LogP contribution in [0.4, 0.5) is 0 Å². The third kappa shape index (κ3) is 1.64. The van der Waals surface area contributed by atoms with E-state index in [1.807, 2.05) is 0 Å². The van der Waals surface area contributed by atoms with Crippen molar-refractivity contribution in [3.63, 3.8) is 0 Å². The average Bonchev–Trinajstić information content (AvgIpc) is 2.52. The maximum atomic E-state index is 2.31. The molecule has 0 unspecified atom stereocenters. The van der Waals surface area contributed by atoms with Crippen LogP contribution in [0.15, 0.2) is 72.8 Å². The first-order chi connectivity index (χ1) is 9.92.